The molecule has 3 heterocycles. The molecule has 1 aliphatic heterocycles. The molecule has 0 spiro atoms. The summed E-state index contributed by atoms with van der Waals surface area (Å²) in [6.45, 7) is 3.42. The van der Waals surface area contributed by atoms with Crippen LogP contribution >= 0.6 is 0 Å². The molecule has 2 aromatic carbocycles. The molecule has 2 atom stereocenters. The van der Waals surface area contributed by atoms with Gasteiger partial charge in [0, 0.05) is 40.9 Å². The van der Waals surface area contributed by atoms with Crippen LogP contribution in [-0.4, -0.2) is 28.5 Å². The number of pyridine rings is 1. The molecule has 0 unspecified atom stereocenters. The molecule has 152 valence electrons. The Morgan fingerprint density at radius 1 is 1.10 bits per heavy atom. The van der Waals surface area contributed by atoms with E-state index in [1.54, 1.807) is 7.11 Å². The Bertz CT molecular complexity index is 1150. The van der Waals surface area contributed by atoms with Gasteiger partial charge in [0.25, 0.3) is 0 Å². The van der Waals surface area contributed by atoms with Crippen LogP contribution in [-0.2, 0) is 0 Å². The number of rotatable bonds is 5. The predicted molar refractivity (Wildman–Crippen MR) is 122 cm³/mol. The average Bonchev–Trinajstić information content (AvgIpc) is 3.46. The summed E-state index contributed by atoms with van der Waals surface area (Å²) >= 11 is 0. The lowest BCUT2D eigenvalue weighted by molar-refractivity contribution is 0.194. The van der Waals surface area contributed by atoms with Gasteiger partial charge in [-0.05, 0) is 67.8 Å². The van der Waals surface area contributed by atoms with Gasteiger partial charge in [0.05, 0.1) is 12.8 Å². The van der Waals surface area contributed by atoms with Gasteiger partial charge < -0.3 is 9.72 Å². The predicted octanol–water partition coefficient (Wildman–Crippen LogP) is 6.14. The van der Waals surface area contributed by atoms with Crippen LogP contribution in [0.25, 0.3) is 22.2 Å². The normalized spacial score (nSPS) is 18.0. The van der Waals surface area contributed by atoms with E-state index in [0.29, 0.717) is 12.1 Å². The molecule has 1 N–H and O–H groups in total. The summed E-state index contributed by atoms with van der Waals surface area (Å²) in [5.41, 5.74) is 6.03. The molecule has 4 aromatic rings. The summed E-state index contributed by atoms with van der Waals surface area (Å²) in [6.07, 6.45) is 6.43. The molecular weight excluding hydrogens is 370 g/mol. The number of likely N-dealkylation sites (tertiary alicyclic amines) is 1. The molecule has 0 bridgehead atoms. The van der Waals surface area contributed by atoms with E-state index in [1.807, 2.05) is 6.20 Å². The van der Waals surface area contributed by atoms with Crippen molar-refractivity contribution in [1.29, 1.82) is 0 Å². The van der Waals surface area contributed by atoms with Crippen LogP contribution in [0.5, 0.6) is 5.75 Å². The van der Waals surface area contributed by atoms with E-state index in [0.717, 1.165) is 23.5 Å². The van der Waals surface area contributed by atoms with E-state index >= 15 is 0 Å². The molecule has 4 nitrogen and oxygen atoms in total. The van der Waals surface area contributed by atoms with Gasteiger partial charge in [-0.2, -0.15) is 0 Å². The van der Waals surface area contributed by atoms with E-state index < -0.39 is 0 Å². The van der Waals surface area contributed by atoms with Crippen molar-refractivity contribution in [2.45, 2.75) is 31.8 Å². The summed E-state index contributed by atoms with van der Waals surface area (Å²) in [7, 11) is 1.71. The maximum atomic E-state index is 5.32. The first-order valence-electron chi connectivity index (χ1n) is 10.7. The number of hydrogen-bond acceptors (Lipinski definition) is 3. The quantitative estimate of drug-likeness (QED) is 0.440. The maximum Gasteiger partial charge on any atom is 0.118 e. The summed E-state index contributed by atoms with van der Waals surface area (Å²) in [6, 6.07) is 22.1. The van der Waals surface area contributed by atoms with Crippen LogP contribution in [0.15, 0.2) is 73.1 Å². The highest BCUT2D eigenvalue weighted by molar-refractivity contribution is 5.94. The fraction of sp³-hybridized carbons (Fsp3) is 0.269. The van der Waals surface area contributed by atoms with E-state index in [1.165, 1.54) is 34.9 Å². The molecule has 5 rings (SSSR count). The standard InChI is InChI=1S/C26H27N3O/c1-18(19-9-11-21(30-2)12-10-19)29-15-5-8-26(29)20-13-14-27-25(16-20)23-17-28-24-7-4-3-6-22(23)24/h3-4,6-7,9-14,16-18,26,28H,5,8,15H2,1-2H3/t18-,26+/m1/s1. The number of H-pyrrole nitrogens is 1. The first-order chi connectivity index (χ1) is 14.7. The molecule has 1 saturated heterocycles. The molecule has 0 amide bonds. The number of aromatic nitrogens is 2. The Hall–Kier alpha value is -3.11. The van der Waals surface area contributed by atoms with E-state index in [2.05, 4.69) is 83.7 Å². The molecule has 0 radical (unpaired) electrons. The smallest absolute Gasteiger partial charge is 0.118 e. The largest absolute Gasteiger partial charge is 0.497 e. The lowest BCUT2D eigenvalue weighted by atomic mass is 9.99. The van der Waals surface area contributed by atoms with Crippen molar-refractivity contribution < 1.29 is 4.74 Å². The number of para-hydroxylation sites is 1. The second-order valence-corrected chi connectivity index (χ2v) is 8.07. The third kappa shape index (κ3) is 3.37. The number of nitrogens with one attached hydrogen (secondary N) is 1. The third-order valence-electron chi connectivity index (χ3n) is 6.42. The first kappa shape index (κ1) is 18.9. The van der Waals surface area contributed by atoms with Crippen LogP contribution in [0.4, 0.5) is 0 Å². The fourth-order valence-electron chi connectivity index (χ4n) is 4.77. The Kier molecular flexibility index (Phi) is 5.01. The van der Waals surface area contributed by atoms with Crippen molar-refractivity contribution in [2.75, 3.05) is 13.7 Å². The SMILES string of the molecule is COc1ccc([C@@H](C)N2CCC[C@H]2c2ccnc(-c3c[nH]c4ccccc34)c2)cc1. The van der Waals surface area contributed by atoms with Crippen molar-refractivity contribution in [3.05, 3.63) is 84.2 Å². The van der Waals surface area contributed by atoms with Crippen molar-refractivity contribution in [3.63, 3.8) is 0 Å². The topological polar surface area (TPSA) is 41.1 Å². The summed E-state index contributed by atoms with van der Waals surface area (Å²) in [5.74, 6) is 0.904. The third-order valence-corrected chi connectivity index (χ3v) is 6.42. The minimum absolute atomic E-state index is 0.355. The molecule has 1 fully saturated rings. The first-order valence-corrected chi connectivity index (χ1v) is 10.7. The van der Waals surface area contributed by atoms with Gasteiger partial charge in [0.2, 0.25) is 0 Å². The van der Waals surface area contributed by atoms with E-state index in [-0.39, 0.29) is 0 Å². The van der Waals surface area contributed by atoms with Gasteiger partial charge in [-0.1, -0.05) is 30.3 Å². The van der Waals surface area contributed by atoms with E-state index in [4.69, 9.17) is 9.72 Å². The van der Waals surface area contributed by atoms with Crippen LogP contribution in [0.3, 0.4) is 0 Å². The number of ether oxygens (including phenoxy) is 1. The Morgan fingerprint density at radius 3 is 2.77 bits per heavy atom. The Morgan fingerprint density at radius 2 is 1.93 bits per heavy atom. The number of aromatic amines is 1. The molecular formula is C26H27N3O. The zero-order chi connectivity index (χ0) is 20.5. The van der Waals surface area contributed by atoms with Crippen LogP contribution < -0.4 is 4.74 Å². The molecule has 0 aliphatic carbocycles. The highest BCUT2D eigenvalue weighted by Crippen LogP contribution is 2.39. The number of methoxy groups -OCH3 is 1. The van der Waals surface area contributed by atoms with Gasteiger partial charge in [0.15, 0.2) is 0 Å². The van der Waals surface area contributed by atoms with Gasteiger partial charge in [-0.25, -0.2) is 0 Å². The van der Waals surface area contributed by atoms with Crippen molar-refractivity contribution in [3.8, 4) is 17.0 Å². The second kappa shape index (κ2) is 7.96. The highest BCUT2D eigenvalue weighted by atomic mass is 16.5. The molecule has 2 aromatic heterocycles. The van der Waals surface area contributed by atoms with Crippen molar-refractivity contribution in [1.82, 2.24) is 14.9 Å². The summed E-state index contributed by atoms with van der Waals surface area (Å²) in [4.78, 5) is 10.7. The van der Waals surface area contributed by atoms with Crippen LogP contribution in [0.2, 0.25) is 0 Å². The monoisotopic (exact) mass is 397 g/mol. The number of hydrogen-bond donors (Lipinski definition) is 1. The minimum Gasteiger partial charge on any atom is -0.497 e. The summed E-state index contributed by atoms with van der Waals surface area (Å²) < 4.78 is 5.32. The van der Waals surface area contributed by atoms with Crippen LogP contribution in [0.1, 0.15) is 43.0 Å². The van der Waals surface area contributed by atoms with Gasteiger partial charge in [0.1, 0.15) is 5.75 Å². The lowest BCUT2D eigenvalue weighted by Gasteiger charge is -2.31. The van der Waals surface area contributed by atoms with Crippen molar-refractivity contribution >= 4 is 10.9 Å². The zero-order valence-electron chi connectivity index (χ0n) is 17.5. The van der Waals surface area contributed by atoms with Crippen LogP contribution in [0, 0.1) is 0 Å². The molecule has 30 heavy (non-hydrogen) atoms. The van der Waals surface area contributed by atoms with Crippen molar-refractivity contribution in [2.24, 2.45) is 0 Å². The lowest BCUT2D eigenvalue weighted by Crippen LogP contribution is -2.26. The molecule has 0 saturated carbocycles. The number of benzene rings is 2. The molecule has 4 heteroatoms. The van der Waals surface area contributed by atoms with Gasteiger partial charge in [-0.3, -0.25) is 9.88 Å². The Labute approximate surface area is 177 Å². The van der Waals surface area contributed by atoms with Gasteiger partial charge in [-0.15, -0.1) is 0 Å². The maximum absolute atomic E-state index is 5.32. The number of fused-ring (bicyclic) bond motifs is 1. The number of nitrogens with zero attached hydrogens (tertiary/aromatic N) is 2. The van der Waals surface area contributed by atoms with E-state index in [9.17, 15) is 0 Å². The average molecular weight is 398 g/mol. The zero-order valence-corrected chi connectivity index (χ0v) is 17.5. The highest BCUT2D eigenvalue weighted by Gasteiger charge is 2.30. The van der Waals surface area contributed by atoms with Gasteiger partial charge >= 0.3 is 0 Å². The second-order valence-electron chi connectivity index (χ2n) is 8.07. The minimum atomic E-state index is 0.355. The summed E-state index contributed by atoms with van der Waals surface area (Å²) in [5, 5.41) is 1.22. The molecule has 1 aliphatic rings. The fourth-order valence-corrected chi connectivity index (χ4v) is 4.77. The Balaban J connectivity index is 1.45.